The molecular weight excluding hydrogens is 223 g/mol. The maximum atomic E-state index is 12.6. The molecule has 1 aromatic carbocycles. The molecule has 0 bridgehead atoms. The summed E-state index contributed by atoms with van der Waals surface area (Å²) in [5.41, 5.74) is 0.732. The lowest BCUT2D eigenvalue weighted by molar-refractivity contribution is -0.120. The fourth-order valence-corrected chi connectivity index (χ4v) is 1.17. The van der Waals surface area contributed by atoms with Gasteiger partial charge in [0.15, 0.2) is 0 Å². The largest absolute Gasteiger partial charge is 0.394 e. The van der Waals surface area contributed by atoms with E-state index in [0.717, 1.165) is 5.56 Å². The second-order valence-corrected chi connectivity index (χ2v) is 3.53. The van der Waals surface area contributed by atoms with E-state index in [1.807, 2.05) is 0 Å². The molecule has 0 heterocycles. The van der Waals surface area contributed by atoms with Crippen LogP contribution in [0.1, 0.15) is 12.5 Å². The summed E-state index contributed by atoms with van der Waals surface area (Å²) in [6.45, 7) is 1.65. The standard InChI is InChI=1S/C12H15FN2O2/c1-9(16)12(14-2)8-17-15-7-10-3-5-11(13)6-4-10/h3-7,12,14H,8H2,1-2H3/b15-7+. The van der Waals surface area contributed by atoms with Crippen molar-refractivity contribution in [1.82, 2.24) is 5.32 Å². The summed E-state index contributed by atoms with van der Waals surface area (Å²) in [6.07, 6.45) is 1.46. The summed E-state index contributed by atoms with van der Waals surface area (Å²) in [6, 6.07) is 5.49. The van der Waals surface area contributed by atoms with Crippen LogP contribution in [0.25, 0.3) is 0 Å². The van der Waals surface area contributed by atoms with Gasteiger partial charge in [-0.2, -0.15) is 0 Å². The van der Waals surface area contributed by atoms with Gasteiger partial charge in [0.2, 0.25) is 0 Å². The highest BCUT2D eigenvalue weighted by Gasteiger charge is 2.11. The van der Waals surface area contributed by atoms with Crippen LogP contribution in [0.2, 0.25) is 0 Å². The minimum absolute atomic E-state index is 0.00974. The first kappa shape index (κ1) is 13.3. The van der Waals surface area contributed by atoms with Gasteiger partial charge in [-0.15, -0.1) is 0 Å². The fourth-order valence-electron chi connectivity index (χ4n) is 1.17. The van der Waals surface area contributed by atoms with E-state index in [9.17, 15) is 9.18 Å². The monoisotopic (exact) mass is 238 g/mol. The van der Waals surface area contributed by atoms with Gasteiger partial charge in [0.05, 0.1) is 6.21 Å². The van der Waals surface area contributed by atoms with Gasteiger partial charge >= 0.3 is 0 Å². The number of nitrogens with one attached hydrogen (secondary N) is 1. The highest BCUT2D eigenvalue weighted by Crippen LogP contribution is 2.00. The molecule has 0 radical (unpaired) electrons. The van der Waals surface area contributed by atoms with Crippen molar-refractivity contribution in [2.24, 2.45) is 5.16 Å². The van der Waals surface area contributed by atoms with Gasteiger partial charge in [0, 0.05) is 0 Å². The van der Waals surface area contributed by atoms with Crippen molar-refractivity contribution in [3.05, 3.63) is 35.6 Å². The number of carbonyl (C=O) groups excluding carboxylic acids is 1. The van der Waals surface area contributed by atoms with Crippen molar-refractivity contribution >= 4 is 12.0 Å². The average Bonchev–Trinajstić information content (AvgIpc) is 2.31. The summed E-state index contributed by atoms with van der Waals surface area (Å²) in [5.74, 6) is -0.306. The summed E-state index contributed by atoms with van der Waals surface area (Å²) in [5, 5.41) is 6.51. The maximum Gasteiger partial charge on any atom is 0.150 e. The number of carbonyl (C=O) groups is 1. The molecule has 1 atom stereocenters. The predicted molar refractivity (Wildman–Crippen MR) is 63.5 cm³/mol. The predicted octanol–water partition coefficient (Wildman–Crippen LogP) is 1.35. The average molecular weight is 238 g/mol. The zero-order chi connectivity index (χ0) is 12.7. The van der Waals surface area contributed by atoms with Crippen molar-refractivity contribution in [2.75, 3.05) is 13.7 Å². The van der Waals surface area contributed by atoms with Crippen LogP contribution in [0.4, 0.5) is 4.39 Å². The SMILES string of the molecule is CNC(CO/N=C/c1ccc(F)cc1)C(C)=O. The molecule has 92 valence electrons. The van der Waals surface area contributed by atoms with E-state index in [4.69, 9.17) is 4.84 Å². The number of rotatable bonds is 6. The zero-order valence-electron chi connectivity index (χ0n) is 9.81. The van der Waals surface area contributed by atoms with E-state index in [1.54, 1.807) is 19.2 Å². The number of Topliss-reactive ketones (excluding diaryl/α,β-unsaturated/α-hetero) is 1. The molecule has 1 aromatic rings. The highest BCUT2D eigenvalue weighted by atomic mass is 19.1. The molecule has 1 N–H and O–H groups in total. The van der Waals surface area contributed by atoms with Crippen molar-refractivity contribution < 1.29 is 14.0 Å². The Kier molecular flexibility index (Phi) is 5.29. The molecule has 0 saturated carbocycles. The number of hydrogen-bond donors (Lipinski definition) is 1. The molecule has 0 aliphatic heterocycles. The van der Waals surface area contributed by atoms with E-state index in [2.05, 4.69) is 10.5 Å². The number of oxime groups is 1. The van der Waals surface area contributed by atoms with Gasteiger partial charge in [-0.1, -0.05) is 17.3 Å². The molecule has 0 saturated heterocycles. The molecule has 0 aliphatic carbocycles. The molecule has 0 amide bonds. The lowest BCUT2D eigenvalue weighted by atomic mass is 10.2. The van der Waals surface area contributed by atoms with Crippen LogP contribution in [0, 0.1) is 5.82 Å². The van der Waals surface area contributed by atoms with Gasteiger partial charge < -0.3 is 10.2 Å². The number of hydrogen-bond acceptors (Lipinski definition) is 4. The van der Waals surface area contributed by atoms with Crippen LogP contribution in [-0.2, 0) is 9.63 Å². The third-order valence-electron chi connectivity index (χ3n) is 2.23. The number of nitrogens with zero attached hydrogens (tertiary/aromatic N) is 1. The van der Waals surface area contributed by atoms with Crippen LogP contribution < -0.4 is 5.32 Å². The van der Waals surface area contributed by atoms with Gasteiger partial charge in [0.1, 0.15) is 24.2 Å². The molecule has 5 heteroatoms. The number of likely N-dealkylation sites (N-methyl/N-ethyl adjacent to an activating group) is 1. The van der Waals surface area contributed by atoms with Gasteiger partial charge in [-0.05, 0) is 31.7 Å². The minimum atomic E-state index is -0.361. The molecule has 0 spiro atoms. The molecule has 4 nitrogen and oxygen atoms in total. The Balaban J connectivity index is 2.40. The van der Waals surface area contributed by atoms with Crippen LogP contribution in [0.3, 0.4) is 0 Å². The van der Waals surface area contributed by atoms with Gasteiger partial charge in [0.25, 0.3) is 0 Å². The van der Waals surface area contributed by atoms with Crippen LogP contribution >= 0.6 is 0 Å². The molecular formula is C12H15FN2O2. The van der Waals surface area contributed by atoms with E-state index >= 15 is 0 Å². The first-order chi connectivity index (χ1) is 8.13. The molecule has 17 heavy (non-hydrogen) atoms. The summed E-state index contributed by atoms with van der Waals surface area (Å²) >= 11 is 0. The smallest absolute Gasteiger partial charge is 0.150 e. The van der Waals surface area contributed by atoms with E-state index < -0.39 is 0 Å². The van der Waals surface area contributed by atoms with Crippen molar-refractivity contribution in [3.8, 4) is 0 Å². The van der Waals surface area contributed by atoms with Crippen molar-refractivity contribution in [3.63, 3.8) is 0 Å². The van der Waals surface area contributed by atoms with Crippen LogP contribution in [0.15, 0.2) is 29.4 Å². The lowest BCUT2D eigenvalue weighted by Crippen LogP contribution is -2.36. The zero-order valence-corrected chi connectivity index (χ0v) is 9.81. The topological polar surface area (TPSA) is 50.7 Å². The van der Waals surface area contributed by atoms with Gasteiger partial charge in [-0.3, -0.25) is 4.79 Å². The number of halogens is 1. The minimum Gasteiger partial charge on any atom is -0.394 e. The Morgan fingerprint density at radius 2 is 2.18 bits per heavy atom. The van der Waals surface area contributed by atoms with Crippen molar-refractivity contribution in [2.45, 2.75) is 13.0 Å². The third kappa shape index (κ3) is 4.74. The Morgan fingerprint density at radius 3 is 2.71 bits per heavy atom. The molecule has 0 aliphatic rings. The quantitative estimate of drug-likeness (QED) is 0.601. The first-order valence-corrected chi connectivity index (χ1v) is 5.22. The second-order valence-electron chi connectivity index (χ2n) is 3.53. The highest BCUT2D eigenvalue weighted by molar-refractivity contribution is 5.81. The summed E-state index contributed by atoms with van der Waals surface area (Å²) in [7, 11) is 1.68. The van der Waals surface area contributed by atoms with E-state index in [1.165, 1.54) is 25.3 Å². The third-order valence-corrected chi connectivity index (χ3v) is 2.23. The van der Waals surface area contributed by atoms with Crippen LogP contribution in [-0.4, -0.2) is 31.7 Å². The Bertz CT molecular complexity index is 390. The lowest BCUT2D eigenvalue weighted by Gasteiger charge is -2.09. The molecule has 1 unspecified atom stereocenters. The molecule has 0 fully saturated rings. The fraction of sp³-hybridized carbons (Fsp3) is 0.333. The normalized spacial score (nSPS) is 12.6. The number of ketones is 1. The maximum absolute atomic E-state index is 12.6. The Labute approximate surface area is 99.5 Å². The Hall–Kier alpha value is -1.75. The van der Waals surface area contributed by atoms with Crippen molar-refractivity contribution in [1.29, 1.82) is 0 Å². The van der Waals surface area contributed by atoms with Crippen LogP contribution in [0.5, 0.6) is 0 Å². The summed E-state index contributed by atoms with van der Waals surface area (Å²) < 4.78 is 12.6. The van der Waals surface area contributed by atoms with E-state index in [0.29, 0.717) is 0 Å². The molecule has 1 rings (SSSR count). The summed E-state index contributed by atoms with van der Waals surface area (Å²) in [4.78, 5) is 16.0. The Morgan fingerprint density at radius 1 is 1.53 bits per heavy atom. The first-order valence-electron chi connectivity index (χ1n) is 5.22. The second kappa shape index (κ2) is 6.75. The van der Waals surface area contributed by atoms with Gasteiger partial charge in [-0.25, -0.2) is 4.39 Å². The number of benzene rings is 1. The molecule has 0 aromatic heterocycles. The van der Waals surface area contributed by atoms with E-state index in [-0.39, 0.29) is 24.2 Å².